The number of aromatic amines is 1. The number of nitriles is 1. The summed E-state index contributed by atoms with van der Waals surface area (Å²) in [5.74, 6) is 0. The highest BCUT2D eigenvalue weighted by atomic mass is 15.1. The summed E-state index contributed by atoms with van der Waals surface area (Å²) in [4.78, 5) is 0. The van der Waals surface area contributed by atoms with Crippen molar-refractivity contribution < 1.29 is 0 Å². The van der Waals surface area contributed by atoms with Crippen LogP contribution in [-0.4, -0.2) is 10.2 Å². The van der Waals surface area contributed by atoms with Crippen molar-refractivity contribution in [1.82, 2.24) is 10.2 Å². The van der Waals surface area contributed by atoms with Crippen LogP contribution in [0.15, 0.2) is 6.20 Å². The van der Waals surface area contributed by atoms with Crippen LogP contribution in [0.5, 0.6) is 0 Å². The van der Waals surface area contributed by atoms with Crippen LogP contribution in [0.1, 0.15) is 12.1 Å². The van der Waals surface area contributed by atoms with Gasteiger partial charge in [-0.15, -0.1) is 0 Å². The number of aryl methyl sites for hydroxylation is 1. The molecule has 0 aliphatic rings. The van der Waals surface area contributed by atoms with Crippen molar-refractivity contribution >= 4 is 0 Å². The maximum Gasteiger partial charge on any atom is 0.0711 e. The first-order valence-electron chi connectivity index (χ1n) is 2.71. The number of H-pyrrole nitrogens is 1. The lowest BCUT2D eigenvalue weighted by Gasteiger charge is -1.82. The smallest absolute Gasteiger partial charge is 0.0711 e. The fourth-order valence-electron chi connectivity index (χ4n) is 0.560. The highest BCUT2D eigenvalue weighted by Gasteiger charge is 1.91. The van der Waals surface area contributed by atoms with E-state index in [1.807, 2.05) is 6.07 Å². The lowest BCUT2D eigenvalue weighted by atomic mass is 10.2. The van der Waals surface area contributed by atoms with Crippen molar-refractivity contribution in [2.24, 2.45) is 0 Å². The SMILES string of the molecule is N#CCCc1[c]c[nH]n1. The minimum atomic E-state index is 0.515. The molecule has 9 heavy (non-hydrogen) atoms. The summed E-state index contributed by atoms with van der Waals surface area (Å²) in [6.07, 6.45) is 2.84. The molecule has 3 nitrogen and oxygen atoms in total. The second kappa shape index (κ2) is 2.88. The molecule has 0 amide bonds. The van der Waals surface area contributed by atoms with Crippen LogP contribution < -0.4 is 0 Å². The summed E-state index contributed by atoms with van der Waals surface area (Å²) in [5.41, 5.74) is 0.830. The van der Waals surface area contributed by atoms with Gasteiger partial charge in [-0.2, -0.15) is 10.4 Å². The molecule has 0 spiro atoms. The first-order valence-corrected chi connectivity index (χ1v) is 2.71. The lowest BCUT2D eigenvalue weighted by Crippen LogP contribution is -1.82. The van der Waals surface area contributed by atoms with Gasteiger partial charge in [0.15, 0.2) is 0 Å². The molecule has 0 saturated heterocycles. The molecule has 45 valence electrons. The maximum absolute atomic E-state index is 8.16. The van der Waals surface area contributed by atoms with Crippen LogP contribution in [0.25, 0.3) is 0 Å². The van der Waals surface area contributed by atoms with Crippen molar-refractivity contribution in [3.63, 3.8) is 0 Å². The Balaban J connectivity index is 2.41. The summed E-state index contributed by atoms with van der Waals surface area (Å²) in [7, 11) is 0. The molecule has 1 aromatic rings. The largest absolute Gasteiger partial charge is 0.285 e. The predicted molar refractivity (Wildman–Crippen MR) is 31.4 cm³/mol. The predicted octanol–water partition coefficient (Wildman–Crippen LogP) is 0.666. The normalized spacial score (nSPS) is 8.78. The minimum absolute atomic E-state index is 0.515. The number of rotatable bonds is 2. The summed E-state index contributed by atoms with van der Waals surface area (Å²) in [6.45, 7) is 0. The number of nitrogens with zero attached hydrogens (tertiary/aromatic N) is 2. The van der Waals surface area contributed by atoms with E-state index < -0.39 is 0 Å². The maximum atomic E-state index is 8.16. The van der Waals surface area contributed by atoms with Gasteiger partial charge in [-0.3, -0.25) is 5.10 Å². The molecule has 1 radical (unpaired) electrons. The lowest BCUT2D eigenvalue weighted by molar-refractivity contribution is 0.920. The standard InChI is InChI=1S/C6H6N3/c7-4-1-2-6-3-5-8-9-6/h5H,1-2H2,(H,8,9). The van der Waals surface area contributed by atoms with E-state index in [0.29, 0.717) is 12.8 Å². The van der Waals surface area contributed by atoms with Gasteiger partial charge in [-0.05, 0) is 0 Å². The third-order valence-corrected chi connectivity index (χ3v) is 0.976. The molecule has 1 heterocycles. The van der Waals surface area contributed by atoms with Crippen LogP contribution in [0, 0.1) is 17.4 Å². The van der Waals surface area contributed by atoms with Gasteiger partial charge in [0.2, 0.25) is 0 Å². The first kappa shape index (κ1) is 5.83. The number of hydrogen-bond acceptors (Lipinski definition) is 2. The Labute approximate surface area is 53.3 Å². The second-order valence-electron chi connectivity index (χ2n) is 1.63. The van der Waals surface area contributed by atoms with E-state index >= 15 is 0 Å². The first-order chi connectivity index (χ1) is 4.43. The van der Waals surface area contributed by atoms with Gasteiger partial charge < -0.3 is 0 Å². The van der Waals surface area contributed by atoms with Gasteiger partial charge in [0, 0.05) is 25.1 Å². The third kappa shape index (κ3) is 1.57. The molecule has 0 aromatic carbocycles. The monoisotopic (exact) mass is 120 g/mol. The summed E-state index contributed by atoms with van der Waals surface area (Å²) in [6, 6.07) is 4.89. The zero-order valence-corrected chi connectivity index (χ0v) is 4.89. The van der Waals surface area contributed by atoms with Gasteiger partial charge in [-0.1, -0.05) is 0 Å². The molecular weight excluding hydrogens is 114 g/mol. The zero-order valence-electron chi connectivity index (χ0n) is 4.89. The molecule has 0 unspecified atom stereocenters. The van der Waals surface area contributed by atoms with Gasteiger partial charge in [-0.25, -0.2) is 0 Å². The number of nitrogens with one attached hydrogen (secondary N) is 1. The quantitative estimate of drug-likeness (QED) is 0.623. The summed E-state index contributed by atoms with van der Waals surface area (Å²) in [5, 5.41) is 14.6. The van der Waals surface area contributed by atoms with Gasteiger partial charge >= 0.3 is 0 Å². The zero-order chi connectivity index (χ0) is 6.53. The molecule has 0 atom stereocenters. The van der Waals surface area contributed by atoms with Crippen LogP contribution in [0.2, 0.25) is 0 Å². The van der Waals surface area contributed by atoms with Crippen molar-refractivity contribution in [1.29, 1.82) is 5.26 Å². The van der Waals surface area contributed by atoms with Crippen LogP contribution in [-0.2, 0) is 6.42 Å². The fourth-order valence-corrected chi connectivity index (χ4v) is 0.560. The molecule has 1 N–H and O–H groups in total. The molecule has 0 saturated carbocycles. The van der Waals surface area contributed by atoms with Crippen LogP contribution in [0.3, 0.4) is 0 Å². The van der Waals surface area contributed by atoms with E-state index in [2.05, 4.69) is 16.3 Å². The Morgan fingerprint density at radius 2 is 2.78 bits per heavy atom. The molecule has 0 fully saturated rings. The van der Waals surface area contributed by atoms with Crippen molar-refractivity contribution in [2.75, 3.05) is 0 Å². The number of aromatic nitrogens is 2. The molecule has 3 heteroatoms. The topological polar surface area (TPSA) is 52.5 Å². The van der Waals surface area contributed by atoms with E-state index in [-0.39, 0.29) is 0 Å². The molecule has 0 aliphatic heterocycles. The van der Waals surface area contributed by atoms with Crippen molar-refractivity contribution in [3.05, 3.63) is 18.0 Å². The number of hydrogen-bond donors (Lipinski definition) is 1. The highest BCUT2D eigenvalue weighted by molar-refractivity contribution is 4.96. The minimum Gasteiger partial charge on any atom is -0.285 e. The van der Waals surface area contributed by atoms with Crippen molar-refractivity contribution in [2.45, 2.75) is 12.8 Å². The highest BCUT2D eigenvalue weighted by Crippen LogP contribution is 1.93. The second-order valence-corrected chi connectivity index (χ2v) is 1.63. The van der Waals surface area contributed by atoms with Gasteiger partial charge in [0.25, 0.3) is 0 Å². The summed E-state index contributed by atoms with van der Waals surface area (Å²) >= 11 is 0. The molecule has 0 aliphatic carbocycles. The van der Waals surface area contributed by atoms with E-state index in [9.17, 15) is 0 Å². The molecule has 0 bridgehead atoms. The summed E-state index contributed by atoms with van der Waals surface area (Å²) < 4.78 is 0. The van der Waals surface area contributed by atoms with Gasteiger partial charge in [0.1, 0.15) is 0 Å². The van der Waals surface area contributed by atoms with E-state index in [4.69, 9.17) is 5.26 Å². The van der Waals surface area contributed by atoms with Gasteiger partial charge in [0.05, 0.1) is 11.8 Å². The van der Waals surface area contributed by atoms with Crippen molar-refractivity contribution in [3.8, 4) is 6.07 Å². The molecule has 1 aromatic heterocycles. The van der Waals surface area contributed by atoms with Crippen LogP contribution in [0.4, 0.5) is 0 Å². The average Bonchev–Trinajstić information content (AvgIpc) is 2.34. The van der Waals surface area contributed by atoms with E-state index in [1.54, 1.807) is 6.20 Å². The molecule has 1 rings (SSSR count). The van der Waals surface area contributed by atoms with Crippen LogP contribution >= 0.6 is 0 Å². The third-order valence-electron chi connectivity index (χ3n) is 0.976. The Kier molecular flexibility index (Phi) is 1.86. The Morgan fingerprint density at radius 3 is 3.33 bits per heavy atom. The Bertz CT molecular complexity index is 195. The van der Waals surface area contributed by atoms with E-state index in [0.717, 1.165) is 5.69 Å². The van der Waals surface area contributed by atoms with E-state index in [1.165, 1.54) is 0 Å². The fraction of sp³-hybridized carbons (Fsp3) is 0.333. The Hall–Kier alpha value is -1.30. The molecular formula is C6H6N3. The Morgan fingerprint density at radius 1 is 1.89 bits per heavy atom. The average molecular weight is 120 g/mol.